The van der Waals surface area contributed by atoms with Crippen LogP contribution in [0.1, 0.15) is 30.2 Å². The number of aromatic nitrogens is 1. The molecule has 0 saturated carbocycles. The van der Waals surface area contributed by atoms with Crippen molar-refractivity contribution in [1.29, 1.82) is 0 Å². The number of nitrogens with zero attached hydrogens (tertiary/aromatic N) is 3. The minimum absolute atomic E-state index is 0.0762. The zero-order valence-electron chi connectivity index (χ0n) is 16.1. The van der Waals surface area contributed by atoms with Crippen LogP contribution in [-0.4, -0.2) is 54.3 Å². The lowest BCUT2D eigenvalue weighted by Crippen LogP contribution is -2.50. The molecule has 1 aromatic carbocycles. The Labute approximate surface area is 172 Å². The first kappa shape index (κ1) is 19.9. The summed E-state index contributed by atoms with van der Waals surface area (Å²) in [7, 11) is -3.75. The standard InChI is InChI=1S/C19H21N3O5S2/c1-13(2)22-16-4-3-15(11-17(16)27-19(22)24)29(25,26)21-8-6-20(7-9-21)18(23)14-5-10-28-12-14/h3-5,10-13H,6-9H2,1-2H3. The van der Waals surface area contributed by atoms with Crippen LogP contribution in [0.15, 0.2) is 49.1 Å². The summed E-state index contributed by atoms with van der Waals surface area (Å²) in [6.07, 6.45) is 0. The van der Waals surface area contributed by atoms with Crippen molar-refractivity contribution >= 4 is 38.4 Å². The van der Waals surface area contributed by atoms with E-state index in [1.807, 2.05) is 19.2 Å². The number of hydrogen-bond acceptors (Lipinski definition) is 6. The summed E-state index contributed by atoms with van der Waals surface area (Å²) in [5.74, 6) is -0.591. The zero-order valence-corrected chi connectivity index (χ0v) is 17.7. The molecule has 0 atom stereocenters. The number of carbonyl (C=O) groups is 1. The molecule has 0 radical (unpaired) electrons. The number of amides is 1. The average Bonchev–Trinajstić information content (AvgIpc) is 3.33. The smallest absolute Gasteiger partial charge is 0.408 e. The van der Waals surface area contributed by atoms with Crippen molar-refractivity contribution in [3.05, 3.63) is 51.1 Å². The Morgan fingerprint density at radius 1 is 1.14 bits per heavy atom. The number of benzene rings is 1. The lowest BCUT2D eigenvalue weighted by atomic mass is 10.2. The fourth-order valence-corrected chi connectivity index (χ4v) is 5.58. The highest BCUT2D eigenvalue weighted by Gasteiger charge is 2.31. The maximum atomic E-state index is 13.1. The van der Waals surface area contributed by atoms with Crippen LogP contribution in [0.4, 0.5) is 0 Å². The predicted octanol–water partition coefficient (Wildman–Crippen LogP) is 2.38. The third-order valence-electron chi connectivity index (χ3n) is 5.03. The quantitative estimate of drug-likeness (QED) is 0.627. The topological polar surface area (TPSA) is 92.8 Å². The Hall–Kier alpha value is -2.43. The van der Waals surface area contributed by atoms with Crippen molar-refractivity contribution in [2.45, 2.75) is 24.8 Å². The fraction of sp³-hybridized carbons (Fsp3) is 0.368. The summed E-state index contributed by atoms with van der Waals surface area (Å²) in [6.45, 7) is 4.81. The summed E-state index contributed by atoms with van der Waals surface area (Å²) in [5.41, 5.74) is 1.44. The zero-order chi connectivity index (χ0) is 20.8. The maximum absolute atomic E-state index is 13.1. The molecule has 3 heterocycles. The molecule has 4 rings (SSSR count). The van der Waals surface area contributed by atoms with E-state index in [1.54, 1.807) is 22.4 Å². The molecular formula is C19H21N3O5S2. The van der Waals surface area contributed by atoms with E-state index in [2.05, 4.69) is 0 Å². The first-order valence-electron chi connectivity index (χ1n) is 9.26. The van der Waals surface area contributed by atoms with E-state index < -0.39 is 15.8 Å². The number of piperazine rings is 1. The van der Waals surface area contributed by atoms with Gasteiger partial charge in [-0.1, -0.05) is 0 Å². The van der Waals surface area contributed by atoms with E-state index >= 15 is 0 Å². The van der Waals surface area contributed by atoms with Crippen LogP contribution in [0.25, 0.3) is 11.1 Å². The van der Waals surface area contributed by atoms with Gasteiger partial charge in [0.2, 0.25) is 10.0 Å². The average molecular weight is 436 g/mol. The Morgan fingerprint density at radius 2 is 1.86 bits per heavy atom. The Kier molecular flexibility index (Phi) is 5.09. The van der Waals surface area contributed by atoms with Crippen molar-refractivity contribution in [3.63, 3.8) is 0 Å². The molecule has 29 heavy (non-hydrogen) atoms. The van der Waals surface area contributed by atoms with Gasteiger partial charge in [0.1, 0.15) is 0 Å². The highest BCUT2D eigenvalue weighted by atomic mass is 32.2. The van der Waals surface area contributed by atoms with Crippen molar-refractivity contribution in [2.75, 3.05) is 26.2 Å². The second-order valence-electron chi connectivity index (χ2n) is 7.17. The van der Waals surface area contributed by atoms with E-state index in [-0.39, 0.29) is 35.5 Å². The third-order valence-corrected chi connectivity index (χ3v) is 7.61. The fourth-order valence-electron chi connectivity index (χ4n) is 3.52. The summed E-state index contributed by atoms with van der Waals surface area (Å²) in [5, 5.41) is 3.63. The molecule has 0 N–H and O–H groups in total. The van der Waals surface area contributed by atoms with Gasteiger partial charge in [-0.2, -0.15) is 15.6 Å². The molecule has 0 unspecified atom stereocenters. The van der Waals surface area contributed by atoms with Gasteiger partial charge in [-0.3, -0.25) is 9.36 Å². The van der Waals surface area contributed by atoms with E-state index in [4.69, 9.17) is 4.42 Å². The number of carbonyl (C=O) groups excluding carboxylic acids is 1. The molecule has 1 aliphatic heterocycles. The molecule has 8 nitrogen and oxygen atoms in total. The van der Waals surface area contributed by atoms with E-state index in [1.165, 1.54) is 32.3 Å². The van der Waals surface area contributed by atoms with Crippen LogP contribution >= 0.6 is 11.3 Å². The summed E-state index contributed by atoms with van der Waals surface area (Å²) in [4.78, 5) is 26.2. The molecule has 1 fully saturated rings. The van der Waals surface area contributed by atoms with Crippen LogP contribution in [-0.2, 0) is 10.0 Å². The number of fused-ring (bicyclic) bond motifs is 1. The minimum atomic E-state index is -3.75. The molecule has 0 spiro atoms. The number of oxazole rings is 1. The first-order valence-corrected chi connectivity index (χ1v) is 11.6. The lowest BCUT2D eigenvalue weighted by molar-refractivity contribution is 0.0698. The maximum Gasteiger partial charge on any atom is 0.420 e. The largest absolute Gasteiger partial charge is 0.420 e. The first-order chi connectivity index (χ1) is 13.8. The third kappa shape index (κ3) is 3.52. The Balaban J connectivity index is 1.55. The van der Waals surface area contributed by atoms with Gasteiger partial charge < -0.3 is 9.32 Å². The second-order valence-corrected chi connectivity index (χ2v) is 9.89. The van der Waals surface area contributed by atoms with Crippen molar-refractivity contribution in [2.24, 2.45) is 0 Å². The molecule has 1 amide bonds. The number of hydrogen-bond donors (Lipinski definition) is 0. The second kappa shape index (κ2) is 7.43. The SMILES string of the molecule is CC(C)n1c(=O)oc2cc(S(=O)(=O)N3CCN(C(=O)c4ccsc4)CC3)ccc21. The molecule has 1 saturated heterocycles. The highest BCUT2D eigenvalue weighted by molar-refractivity contribution is 7.89. The van der Waals surface area contributed by atoms with Crippen molar-refractivity contribution < 1.29 is 17.6 Å². The number of thiophene rings is 1. The molecular weight excluding hydrogens is 414 g/mol. The molecule has 0 bridgehead atoms. The van der Waals surface area contributed by atoms with Gasteiger partial charge in [-0.15, -0.1) is 0 Å². The molecule has 154 valence electrons. The summed E-state index contributed by atoms with van der Waals surface area (Å²) < 4.78 is 34.2. The molecule has 2 aromatic heterocycles. The van der Waals surface area contributed by atoms with Crippen LogP contribution in [0, 0.1) is 0 Å². The van der Waals surface area contributed by atoms with Crippen LogP contribution in [0.3, 0.4) is 0 Å². The number of rotatable bonds is 4. The Bertz CT molecular complexity index is 1200. The van der Waals surface area contributed by atoms with Crippen molar-refractivity contribution in [1.82, 2.24) is 13.8 Å². The van der Waals surface area contributed by atoms with Crippen LogP contribution in [0.2, 0.25) is 0 Å². The van der Waals surface area contributed by atoms with Crippen LogP contribution in [0.5, 0.6) is 0 Å². The van der Waals surface area contributed by atoms with Gasteiger partial charge in [0.25, 0.3) is 5.91 Å². The van der Waals surface area contributed by atoms with Gasteiger partial charge in [-0.05, 0) is 37.4 Å². The molecule has 1 aliphatic rings. The predicted molar refractivity (Wildman–Crippen MR) is 110 cm³/mol. The van der Waals surface area contributed by atoms with Gasteiger partial charge in [0.15, 0.2) is 5.58 Å². The highest BCUT2D eigenvalue weighted by Crippen LogP contribution is 2.24. The van der Waals surface area contributed by atoms with Gasteiger partial charge in [0.05, 0.1) is 16.0 Å². The minimum Gasteiger partial charge on any atom is -0.408 e. The van der Waals surface area contributed by atoms with Crippen LogP contribution < -0.4 is 5.76 Å². The number of sulfonamides is 1. The Morgan fingerprint density at radius 3 is 2.48 bits per heavy atom. The molecule has 10 heteroatoms. The van der Waals surface area contributed by atoms with Gasteiger partial charge in [0, 0.05) is 43.7 Å². The normalized spacial score (nSPS) is 16.0. The lowest BCUT2D eigenvalue weighted by Gasteiger charge is -2.33. The summed E-state index contributed by atoms with van der Waals surface area (Å²) in [6, 6.07) is 6.16. The van der Waals surface area contributed by atoms with Gasteiger partial charge >= 0.3 is 5.76 Å². The van der Waals surface area contributed by atoms with Crippen molar-refractivity contribution in [3.8, 4) is 0 Å². The summed E-state index contributed by atoms with van der Waals surface area (Å²) >= 11 is 1.45. The van der Waals surface area contributed by atoms with E-state index in [0.29, 0.717) is 24.2 Å². The van der Waals surface area contributed by atoms with Gasteiger partial charge in [-0.25, -0.2) is 13.2 Å². The molecule has 0 aliphatic carbocycles. The van der Waals surface area contributed by atoms with E-state index in [9.17, 15) is 18.0 Å². The monoisotopic (exact) mass is 435 g/mol. The molecule has 3 aromatic rings. The van der Waals surface area contributed by atoms with E-state index in [0.717, 1.165) is 0 Å².